The van der Waals surface area contributed by atoms with Crippen LogP contribution in [-0.4, -0.2) is 40.5 Å². The molecule has 0 amide bonds. The first-order valence-electron chi connectivity index (χ1n) is 4.24. The molecule has 14 heavy (non-hydrogen) atoms. The van der Waals surface area contributed by atoms with Crippen molar-refractivity contribution >= 4 is 11.9 Å². The molecule has 0 aromatic carbocycles. The SMILES string of the molecule is O=C(O)C(F)(CC1CCCO1)C(=O)O. The summed E-state index contributed by atoms with van der Waals surface area (Å²) in [6.45, 7) is 0.431. The third-order valence-corrected chi connectivity index (χ3v) is 2.21. The maximum atomic E-state index is 13.4. The normalized spacial score (nSPS) is 22.2. The lowest BCUT2D eigenvalue weighted by Gasteiger charge is -2.18. The van der Waals surface area contributed by atoms with E-state index in [9.17, 15) is 14.0 Å². The van der Waals surface area contributed by atoms with Gasteiger partial charge in [0.2, 0.25) is 0 Å². The highest BCUT2D eigenvalue weighted by Gasteiger charge is 2.49. The van der Waals surface area contributed by atoms with Crippen LogP contribution < -0.4 is 0 Å². The summed E-state index contributed by atoms with van der Waals surface area (Å²) in [6.07, 6.45) is -0.0173. The van der Waals surface area contributed by atoms with Gasteiger partial charge in [-0.15, -0.1) is 0 Å². The standard InChI is InChI=1S/C8H11FO5/c9-8(6(10)11,7(12)13)4-5-2-1-3-14-5/h5H,1-4H2,(H,10,11)(H,12,13). The molecular weight excluding hydrogens is 195 g/mol. The number of hydrogen-bond acceptors (Lipinski definition) is 3. The van der Waals surface area contributed by atoms with Crippen molar-refractivity contribution in [1.82, 2.24) is 0 Å². The number of alkyl halides is 1. The fraction of sp³-hybridized carbons (Fsp3) is 0.750. The van der Waals surface area contributed by atoms with Crippen molar-refractivity contribution in [2.75, 3.05) is 6.61 Å². The van der Waals surface area contributed by atoms with Crippen molar-refractivity contribution in [1.29, 1.82) is 0 Å². The molecule has 6 heteroatoms. The molecular formula is C8H11FO5. The largest absolute Gasteiger partial charge is 0.478 e. The Bertz CT molecular complexity index is 232. The number of carbonyl (C=O) groups is 2. The fourth-order valence-corrected chi connectivity index (χ4v) is 1.39. The number of rotatable bonds is 4. The second-order valence-corrected chi connectivity index (χ2v) is 3.25. The average Bonchev–Trinajstić information content (AvgIpc) is 2.55. The van der Waals surface area contributed by atoms with E-state index in [4.69, 9.17) is 14.9 Å². The van der Waals surface area contributed by atoms with E-state index in [0.717, 1.165) is 0 Å². The van der Waals surface area contributed by atoms with Gasteiger partial charge in [0.1, 0.15) is 0 Å². The topological polar surface area (TPSA) is 83.8 Å². The monoisotopic (exact) mass is 206 g/mol. The third-order valence-electron chi connectivity index (χ3n) is 2.21. The molecule has 1 atom stereocenters. The highest BCUT2D eigenvalue weighted by atomic mass is 19.1. The van der Waals surface area contributed by atoms with Crippen LogP contribution >= 0.6 is 0 Å². The Hall–Kier alpha value is -1.17. The Morgan fingerprint density at radius 1 is 1.43 bits per heavy atom. The smallest absolute Gasteiger partial charge is 0.353 e. The second-order valence-electron chi connectivity index (χ2n) is 3.25. The first-order chi connectivity index (χ1) is 6.47. The molecule has 0 aliphatic carbocycles. The van der Waals surface area contributed by atoms with Crippen LogP contribution in [0.5, 0.6) is 0 Å². The molecule has 0 spiro atoms. The summed E-state index contributed by atoms with van der Waals surface area (Å²) in [6, 6.07) is 0. The number of aliphatic carboxylic acids is 2. The van der Waals surface area contributed by atoms with E-state index in [1.807, 2.05) is 0 Å². The molecule has 1 rings (SSSR count). The molecule has 0 aromatic rings. The Morgan fingerprint density at radius 2 is 2.00 bits per heavy atom. The Morgan fingerprint density at radius 3 is 2.36 bits per heavy atom. The maximum Gasteiger partial charge on any atom is 0.353 e. The highest BCUT2D eigenvalue weighted by molar-refractivity contribution is 6.01. The molecule has 5 nitrogen and oxygen atoms in total. The lowest BCUT2D eigenvalue weighted by molar-refractivity contribution is -0.169. The maximum absolute atomic E-state index is 13.4. The lowest BCUT2D eigenvalue weighted by Crippen LogP contribution is -2.44. The van der Waals surface area contributed by atoms with Crippen molar-refractivity contribution in [3.63, 3.8) is 0 Å². The summed E-state index contributed by atoms with van der Waals surface area (Å²) >= 11 is 0. The molecule has 1 fully saturated rings. The molecule has 1 aliphatic heterocycles. The van der Waals surface area contributed by atoms with Gasteiger partial charge in [-0.1, -0.05) is 0 Å². The molecule has 1 aliphatic rings. The van der Waals surface area contributed by atoms with Gasteiger partial charge in [0.15, 0.2) is 0 Å². The molecule has 2 N–H and O–H groups in total. The predicted molar refractivity (Wildman–Crippen MR) is 42.7 cm³/mol. The van der Waals surface area contributed by atoms with E-state index in [0.29, 0.717) is 19.4 Å². The number of carboxylic acids is 2. The first kappa shape index (κ1) is 10.9. The number of carboxylic acid groups (broad SMARTS) is 2. The summed E-state index contributed by atoms with van der Waals surface area (Å²) in [5.74, 6) is -3.94. The van der Waals surface area contributed by atoms with E-state index in [-0.39, 0.29) is 0 Å². The van der Waals surface area contributed by atoms with Crippen molar-refractivity contribution in [3.05, 3.63) is 0 Å². The molecule has 0 aromatic heterocycles. The van der Waals surface area contributed by atoms with Crippen molar-refractivity contribution in [3.8, 4) is 0 Å². The van der Waals surface area contributed by atoms with E-state index >= 15 is 0 Å². The van der Waals surface area contributed by atoms with Crippen LogP contribution in [0.15, 0.2) is 0 Å². The minimum atomic E-state index is -3.23. The Labute approximate surface area is 79.5 Å². The van der Waals surface area contributed by atoms with Crippen LogP contribution in [0.4, 0.5) is 4.39 Å². The summed E-state index contributed by atoms with van der Waals surface area (Å²) in [5.41, 5.74) is -3.23. The summed E-state index contributed by atoms with van der Waals surface area (Å²) < 4.78 is 18.4. The zero-order valence-corrected chi connectivity index (χ0v) is 7.40. The van der Waals surface area contributed by atoms with Crippen LogP contribution in [0.1, 0.15) is 19.3 Å². The van der Waals surface area contributed by atoms with Gasteiger partial charge in [-0.2, -0.15) is 0 Å². The minimum Gasteiger partial charge on any atom is -0.478 e. The fourth-order valence-electron chi connectivity index (χ4n) is 1.39. The zero-order chi connectivity index (χ0) is 10.8. The first-order valence-corrected chi connectivity index (χ1v) is 4.24. The summed E-state index contributed by atoms with van der Waals surface area (Å²) in [5, 5.41) is 16.9. The van der Waals surface area contributed by atoms with Gasteiger partial charge in [0, 0.05) is 13.0 Å². The van der Waals surface area contributed by atoms with E-state index in [2.05, 4.69) is 0 Å². The average molecular weight is 206 g/mol. The van der Waals surface area contributed by atoms with Gasteiger partial charge in [0.25, 0.3) is 0 Å². The molecule has 80 valence electrons. The third kappa shape index (κ3) is 2.01. The van der Waals surface area contributed by atoms with Crippen LogP contribution in [0.2, 0.25) is 0 Å². The number of hydrogen-bond donors (Lipinski definition) is 2. The van der Waals surface area contributed by atoms with Crippen molar-refractivity contribution in [2.45, 2.75) is 31.0 Å². The summed E-state index contributed by atoms with van der Waals surface area (Å²) in [4.78, 5) is 20.9. The molecule has 0 radical (unpaired) electrons. The minimum absolute atomic E-state index is 0.431. The van der Waals surface area contributed by atoms with Crippen molar-refractivity contribution < 1.29 is 28.9 Å². The van der Waals surface area contributed by atoms with E-state index in [1.54, 1.807) is 0 Å². The van der Waals surface area contributed by atoms with Gasteiger partial charge >= 0.3 is 17.6 Å². The zero-order valence-electron chi connectivity index (χ0n) is 7.40. The van der Waals surface area contributed by atoms with E-state index < -0.39 is 30.1 Å². The number of ether oxygens (including phenoxy) is 1. The van der Waals surface area contributed by atoms with Gasteiger partial charge in [-0.05, 0) is 12.8 Å². The quantitative estimate of drug-likeness (QED) is 0.652. The lowest BCUT2D eigenvalue weighted by atomic mass is 9.97. The highest BCUT2D eigenvalue weighted by Crippen LogP contribution is 2.26. The molecule has 1 saturated heterocycles. The molecule has 1 unspecified atom stereocenters. The van der Waals surface area contributed by atoms with Crippen LogP contribution in [0.25, 0.3) is 0 Å². The molecule has 0 bridgehead atoms. The van der Waals surface area contributed by atoms with Gasteiger partial charge in [0.05, 0.1) is 6.10 Å². The second kappa shape index (κ2) is 3.91. The summed E-state index contributed by atoms with van der Waals surface area (Å²) in [7, 11) is 0. The Kier molecular flexibility index (Phi) is 3.05. The van der Waals surface area contributed by atoms with Crippen molar-refractivity contribution in [2.24, 2.45) is 0 Å². The van der Waals surface area contributed by atoms with Gasteiger partial charge in [-0.25, -0.2) is 14.0 Å². The van der Waals surface area contributed by atoms with E-state index in [1.165, 1.54) is 0 Å². The van der Waals surface area contributed by atoms with Crippen LogP contribution in [0.3, 0.4) is 0 Å². The van der Waals surface area contributed by atoms with Crippen LogP contribution in [0, 0.1) is 0 Å². The van der Waals surface area contributed by atoms with Gasteiger partial charge in [-0.3, -0.25) is 0 Å². The van der Waals surface area contributed by atoms with Crippen LogP contribution in [-0.2, 0) is 14.3 Å². The number of halogens is 1. The predicted octanol–water partition coefficient (Wildman–Crippen LogP) is 0.433. The van der Waals surface area contributed by atoms with Gasteiger partial charge < -0.3 is 14.9 Å². The molecule has 1 heterocycles. The molecule has 0 saturated carbocycles. The Balaban J connectivity index is 2.68.